The normalized spacial score (nSPS) is 11.2. The first-order chi connectivity index (χ1) is 10.9. The molecule has 0 atom stereocenters. The monoisotopic (exact) mass is 311 g/mol. The first-order valence-electron chi connectivity index (χ1n) is 7.59. The van der Waals surface area contributed by atoms with Gasteiger partial charge in [0.1, 0.15) is 0 Å². The minimum atomic E-state index is -0.101. The van der Waals surface area contributed by atoms with E-state index in [1.54, 1.807) is 4.68 Å². The van der Waals surface area contributed by atoms with E-state index in [0.29, 0.717) is 12.1 Å². The molecule has 1 N–H and O–H groups in total. The molecule has 0 aromatic carbocycles. The lowest BCUT2D eigenvalue weighted by Gasteiger charge is -2.09. The summed E-state index contributed by atoms with van der Waals surface area (Å²) in [5.74, 6) is -0.101. The maximum absolute atomic E-state index is 12.7. The van der Waals surface area contributed by atoms with E-state index in [4.69, 9.17) is 0 Å². The molecule has 23 heavy (non-hydrogen) atoms. The van der Waals surface area contributed by atoms with Crippen molar-refractivity contribution in [1.29, 1.82) is 0 Å². The topological polar surface area (TPSA) is 64.7 Å². The van der Waals surface area contributed by atoms with Crippen molar-refractivity contribution in [3.05, 3.63) is 46.5 Å². The van der Waals surface area contributed by atoms with E-state index in [-0.39, 0.29) is 5.91 Å². The number of aryl methyl sites for hydroxylation is 4. The molecule has 6 nitrogen and oxygen atoms in total. The number of pyridine rings is 1. The average molecular weight is 311 g/mol. The van der Waals surface area contributed by atoms with E-state index < -0.39 is 0 Å². The van der Waals surface area contributed by atoms with Crippen molar-refractivity contribution >= 4 is 16.9 Å². The van der Waals surface area contributed by atoms with Crippen LogP contribution in [0, 0.1) is 20.8 Å². The number of fused-ring (bicyclic) bond motifs is 1. The van der Waals surface area contributed by atoms with Gasteiger partial charge in [-0.05, 0) is 39.0 Å². The fourth-order valence-electron chi connectivity index (χ4n) is 2.86. The summed E-state index contributed by atoms with van der Waals surface area (Å²) in [6.45, 7) is 6.32. The summed E-state index contributed by atoms with van der Waals surface area (Å²) in [5.41, 5.74) is 5.22. The second-order valence-corrected chi connectivity index (χ2v) is 5.93. The summed E-state index contributed by atoms with van der Waals surface area (Å²) in [6.07, 6.45) is 0. The standard InChI is InChI=1S/C17H21N5O/c1-10-8-14(15-12(3)20-22(5)16(15)19-10)17(23)18-9-13-7-6-11(2)21(13)4/h6-8H,9H2,1-5H3,(H,18,23). The van der Waals surface area contributed by atoms with Crippen molar-refractivity contribution in [1.82, 2.24) is 24.6 Å². The highest BCUT2D eigenvalue weighted by Crippen LogP contribution is 2.21. The molecule has 3 rings (SSSR count). The van der Waals surface area contributed by atoms with Crippen LogP contribution in [-0.2, 0) is 20.6 Å². The molecule has 6 heteroatoms. The van der Waals surface area contributed by atoms with Crippen LogP contribution in [0.15, 0.2) is 18.2 Å². The number of hydrogen-bond acceptors (Lipinski definition) is 3. The van der Waals surface area contributed by atoms with Crippen molar-refractivity contribution in [2.24, 2.45) is 14.1 Å². The summed E-state index contributed by atoms with van der Waals surface area (Å²) < 4.78 is 3.79. The molecule has 0 radical (unpaired) electrons. The van der Waals surface area contributed by atoms with Crippen LogP contribution in [0.4, 0.5) is 0 Å². The van der Waals surface area contributed by atoms with Crippen LogP contribution >= 0.6 is 0 Å². The quantitative estimate of drug-likeness (QED) is 0.806. The molecule has 0 spiro atoms. The van der Waals surface area contributed by atoms with Crippen LogP contribution in [0.5, 0.6) is 0 Å². The molecule has 0 aliphatic rings. The first-order valence-corrected chi connectivity index (χ1v) is 7.59. The molecule has 3 aromatic heterocycles. The van der Waals surface area contributed by atoms with E-state index in [9.17, 15) is 4.79 Å². The predicted molar refractivity (Wildman–Crippen MR) is 89.3 cm³/mol. The zero-order valence-electron chi connectivity index (χ0n) is 14.1. The van der Waals surface area contributed by atoms with E-state index in [0.717, 1.165) is 28.1 Å². The average Bonchev–Trinajstić information content (AvgIpc) is 2.97. The second kappa shape index (κ2) is 5.53. The Hall–Kier alpha value is -2.63. The van der Waals surface area contributed by atoms with Crippen molar-refractivity contribution in [2.45, 2.75) is 27.3 Å². The fourth-order valence-corrected chi connectivity index (χ4v) is 2.86. The van der Waals surface area contributed by atoms with E-state index in [1.165, 1.54) is 5.69 Å². The van der Waals surface area contributed by atoms with E-state index in [2.05, 4.69) is 20.0 Å². The minimum Gasteiger partial charge on any atom is -0.350 e. The number of amides is 1. The molecule has 0 aliphatic heterocycles. The molecule has 3 heterocycles. The number of aromatic nitrogens is 4. The van der Waals surface area contributed by atoms with Crippen LogP contribution in [0.3, 0.4) is 0 Å². The summed E-state index contributed by atoms with van der Waals surface area (Å²) in [6, 6.07) is 5.89. The number of rotatable bonds is 3. The van der Waals surface area contributed by atoms with Gasteiger partial charge in [-0.3, -0.25) is 9.48 Å². The van der Waals surface area contributed by atoms with Gasteiger partial charge in [-0.15, -0.1) is 0 Å². The van der Waals surface area contributed by atoms with Crippen molar-refractivity contribution in [3.8, 4) is 0 Å². The lowest BCUT2D eigenvalue weighted by molar-refractivity contribution is 0.0951. The van der Waals surface area contributed by atoms with Crippen molar-refractivity contribution < 1.29 is 4.79 Å². The summed E-state index contributed by atoms with van der Waals surface area (Å²) in [7, 11) is 3.84. The molecular formula is C17H21N5O. The number of carbonyl (C=O) groups is 1. The van der Waals surface area contributed by atoms with E-state index >= 15 is 0 Å². The minimum absolute atomic E-state index is 0.101. The van der Waals surface area contributed by atoms with Gasteiger partial charge in [-0.1, -0.05) is 0 Å². The fraction of sp³-hybridized carbons (Fsp3) is 0.353. The Morgan fingerprint density at radius 2 is 1.96 bits per heavy atom. The molecule has 0 saturated heterocycles. The smallest absolute Gasteiger partial charge is 0.252 e. The molecule has 0 fully saturated rings. The zero-order valence-corrected chi connectivity index (χ0v) is 14.1. The van der Waals surface area contributed by atoms with Gasteiger partial charge in [0.25, 0.3) is 5.91 Å². The predicted octanol–water partition coefficient (Wildman–Crippen LogP) is 2.16. The Kier molecular flexibility index (Phi) is 3.67. The zero-order chi connectivity index (χ0) is 16.7. The van der Waals surface area contributed by atoms with Gasteiger partial charge in [-0.2, -0.15) is 5.10 Å². The highest BCUT2D eigenvalue weighted by molar-refractivity contribution is 6.06. The van der Waals surface area contributed by atoms with Gasteiger partial charge < -0.3 is 9.88 Å². The Bertz CT molecular complexity index is 903. The van der Waals surface area contributed by atoms with Crippen LogP contribution in [0.1, 0.15) is 33.1 Å². The molecule has 120 valence electrons. The van der Waals surface area contributed by atoms with Gasteiger partial charge in [0.15, 0.2) is 5.65 Å². The van der Waals surface area contributed by atoms with Gasteiger partial charge in [-0.25, -0.2) is 4.98 Å². The highest BCUT2D eigenvalue weighted by atomic mass is 16.1. The third kappa shape index (κ3) is 2.60. The molecule has 0 unspecified atom stereocenters. The van der Waals surface area contributed by atoms with Crippen molar-refractivity contribution in [3.63, 3.8) is 0 Å². The SMILES string of the molecule is Cc1cc(C(=O)NCc2ccc(C)n2C)c2c(C)nn(C)c2n1. The van der Waals surface area contributed by atoms with Gasteiger partial charge in [0.05, 0.1) is 23.2 Å². The van der Waals surface area contributed by atoms with Gasteiger partial charge in [0, 0.05) is 31.2 Å². The highest BCUT2D eigenvalue weighted by Gasteiger charge is 2.17. The maximum atomic E-state index is 12.7. The van der Waals surface area contributed by atoms with Crippen LogP contribution < -0.4 is 5.32 Å². The molecule has 1 amide bonds. The Labute approximate surface area is 135 Å². The summed E-state index contributed by atoms with van der Waals surface area (Å²) >= 11 is 0. The molecule has 0 saturated carbocycles. The molecular weight excluding hydrogens is 290 g/mol. The van der Waals surface area contributed by atoms with Gasteiger partial charge >= 0.3 is 0 Å². The number of nitrogens with one attached hydrogen (secondary N) is 1. The van der Waals surface area contributed by atoms with E-state index in [1.807, 2.05) is 53.1 Å². The maximum Gasteiger partial charge on any atom is 0.252 e. The molecule has 0 aliphatic carbocycles. The Morgan fingerprint density at radius 1 is 1.22 bits per heavy atom. The van der Waals surface area contributed by atoms with Crippen LogP contribution in [0.2, 0.25) is 0 Å². The summed E-state index contributed by atoms with van der Waals surface area (Å²) in [5, 5.41) is 8.20. The number of carbonyl (C=O) groups excluding carboxylic acids is 1. The molecule has 3 aromatic rings. The number of nitrogens with zero attached hydrogens (tertiary/aromatic N) is 4. The lowest BCUT2D eigenvalue weighted by Crippen LogP contribution is -2.24. The Balaban J connectivity index is 1.93. The van der Waals surface area contributed by atoms with Crippen molar-refractivity contribution in [2.75, 3.05) is 0 Å². The lowest BCUT2D eigenvalue weighted by atomic mass is 10.1. The summed E-state index contributed by atoms with van der Waals surface area (Å²) in [4.78, 5) is 17.2. The Morgan fingerprint density at radius 3 is 2.61 bits per heavy atom. The largest absolute Gasteiger partial charge is 0.350 e. The van der Waals surface area contributed by atoms with Crippen LogP contribution in [-0.4, -0.2) is 25.2 Å². The van der Waals surface area contributed by atoms with Crippen LogP contribution in [0.25, 0.3) is 11.0 Å². The van der Waals surface area contributed by atoms with Gasteiger partial charge in [0.2, 0.25) is 0 Å². The first kappa shape index (κ1) is 15.3. The second-order valence-electron chi connectivity index (χ2n) is 5.93. The third-order valence-electron chi connectivity index (χ3n) is 4.25. The third-order valence-corrected chi connectivity index (χ3v) is 4.25. The molecule has 0 bridgehead atoms. The number of hydrogen-bond donors (Lipinski definition) is 1.